The van der Waals surface area contributed by atoms with Gasteiger partial charge in [0.2, 0.25) is 0 Å². The Morgan fingerprint density at radius 3 is 2.23 bits per heavy atom. The molecule has 5 aliphatic carbocycles. The van der Waals surface area contributed by atoms with E-state index < -0.39 is 35.1 Å². The minimum absolute atomic E-state index is 0.00303. The van der Waals surface area contributed by atoms with Crippen molar-refractivity contribution in [1.82, 2.24) is 0 Å². The number of fused-ring (bicyclic) bond motifs is 7. The van der Waals surface area contributed by atoms with Crippen molar-refractivity contribution < 1.29 is 25.2 Å². The zero-order valence-electron chi connectivity index (χ0n) is 22.9. The normalized spacial score (nSPS) is 55.6. The predicted molar refractivity (Wildman–Crippen MR) is 135 cm³/mol. The predicted octanol–water partition coefficient (Wildman–Crippen LogP) is 5.18. The molecule has 4 saturated carbocycles. The van der Waals surface area contributed by atoms with Crippen molar-refractivity contribution in [1.29, 1.82) is 0 Å². The highest BCUT2D eigenvalue weighted by Crippen LogP contribution is 2.76. The van der Waals surface area contributed by atoms with Crippen LogP contribution in [0.15, 0.2) is 11.6 Å². The fraction of sp³-hybridized carbons (Fsp3) is 0.900. The number of rotatable bonds is 2. The Morgan fingerprint density at radius 1 is 0.943 bits per heavy atom. The molecular weight excluding hydrogens is 440 g/mol. The number of aliphatic hydroxyl groups excluding tert-OH is 2. The molecule has 0 radical (unpaired) electrons. The van der Waals surface area contributed by atoms with Crippen molar-refractivity contribution >= 4 is 5.97 Å². The topological polar surface area (TPSA) is 98.0 Å². The second kappa shape index (κ2) is 7.35. The summed E-state index contributed by atoms with van der Waals surface area (Å²) in [5, 5.41) is 43.5. The van der Waals surface area contributed by atoms with Gasteiger partial charge in [-0.2, -0.15) is 0 Å². The highest BCUT2D eigenvalue weighted by Gasteiger charge is 2.71. The molecule has 11 atom stereocenters. The van der Waals surface area contributed by atoms with Crippen LogP contribution in [0.25, 0.3) is 0 Å². The summed E-state index contributed by atoms with van der Waals surface area (Å²) in [6, 6.07) is 0. The second-order valence-corrected chi connectivity index (χ2v) is 14.8. The minimum atomic E-state index is -1.18. The minimum Gasteiger partial charge on any atom is -0.481 e. The summed E-state index contributed by atoms with van der Waals surface area (Å²) in [4.78, 5) is 12.0. The lowest BCUT2D eigenvalue weighted by Crippen LogP contribution is -2.67. The molecule has 4 fully saturated rings. The summed E-state index contributed by atoms with van der Waals surface area (Å²) in [5.41, 5.74) is -0.434. The summed E-state index contributed by atoms with van der Waals surface area (Å²) in [6.45, 7) is 15.4. The van der Waals surface area contributed by atoms with Crippen LogP contribution in [0.2, 0.25) is 0 Å². The van der Waals surface area contributed by atoms with Crippen LogP contribution in [0.1, 0.15) is 99.8 Å². The molecule has 198 valence electrons. The zero-order chi connectivity index (χ0) is 26.0. The van der Waals surface area contributed by atoms with Crippen LogP contribution < -0.4 is 0 Å². The van der Waals surface area contributed by atoms with Crippen LogP contribution in [0, 0.1) is 50.7 Å². The smallest absolute Gasteiger partial charge is 0.309 e. The van der Waals surface area contributed by atoms with E-state index >= 15 is 0 Å². The number of carbonyl (C=O) groups is 1. The molecule has 5 nitrogen and oxygen atoms in total. The molecule has 0 aliphatic heterocycles. The standard InChI is InChI=1S/C30H48O5/c1-17(24(33)34)30(35)13-10-19-18-8-9-22-26(4)16-20(31)23(32)25(2,3)21(26)11-12-29(22,7)27(18,5)14-15-28(19,30)6/h8,17,19-23,31-32,35H,9-16H2,1-7H3,(H,33,34)/t17-,19-,20+,21+,22-,23+,26+,27-,28-,29-,30-/m1/s1. The third-order valence-electron chi connectivity index (χ3n) is 13.6. The van der Waals surface area contributed by atoms with Gasteiger partial charge in [0.25, 0.3) is 0 Å². The molecule has 0 aromatic heterocycles. The van der Waals surface area contributed by atoms with Gasteiger partial charge >= 0.3 is 5.97 Å². The van der Waals surface area contributed by atoms with E-state index in [1.165, 1.54) is 5.57 Å². The average molecular weight is 489 g/mol. The summed E-state index contributed by atoms with van der Waals surface area (Å²) in [7, 11) is 0. The van der Waals surface area contributed by atoms with E-state index in [0.29, 0.717) is 24.7 Å². The molecule has 0 amide bonds. The molecule has 0 saturated heterocycles. The first-order valence-corrected chi connectivity index (χ1v) is 14.0. The first-order chi connectivity index (χ1) is 16.0. The van der Waals surface area contributed by atoms with E-state index in [-0.39, 0.29) is 27.6 Å². The molecule has 5 rings (SSSR count). The Balaban J connectivity index is 1.56. The van der Waals surface area contributed by atoms with Crippen molar-refractivity contribution in [3.05, 3.63) is 11.6 Å². The van der Waals surface area contributed by atoms with Gasteiger partial charge in [0.1, 0.15) is 0 Å². The van der Waals surface area contributed by atoms with Gasteiger partial charge in [0.15, 0.2) is 0 Å². The van der Waals surface area contributed by atoms with Crippen molar-refractivity contribution in [3.63, 3.8) is 0 Å². The van der Waals surface area contributed by atoms with Gasteiger partial charge in [0.05, 0.1) is 23.7 Å². The van der Waals surface area contributed by atoms with Crippen molar-refractivity contribution in [2.24, 2.45) is 50.7 Å². The lowest BCUT2D eigenvalue weighted by atomic mass is 9.34. The molecule has 0 spiro atoms. The molecule has 0 aromatic rings. The van der Waals surface area contributed by atoms with Gasteiger partial charge in [-0.1, -0.05) is 53.2 Å². The van der Waals surface area contributed by atoms with Crippen LogP contribution in [-0.4, -0.2) is 44.2 Å². The van der Waals surface area contributed by atoms with E-state index in [1.807, 2.05) is 0 Å². The summed E-state index contributed by atoms with van der Waals surface area (Å²) in [5.74, 6) is -0.676. The maximum atomic E-state index is 12.0. The first kappa shape index (κ1) is 25.7. The molecule has 35 heavy (non-hydrogen) atoms. The average Bonchev–Trinajstić information content (AvgIpc) is 3.04. The quantitative estimate of drug-likeness (QED) is 0.402. The SMILES string of the molecule is C[C@H](C(=O)O)[C@]1(O)CC[C@@H]2C3=CC[C@@H]4[C@@]5(C)C[C@H](O)[C@H](O)C(C)(C)[C@@H]5CC[C@@]4(C)[C@]3(C)CC[C@]21C. The van der Waals surface area contributed by atoms with Gasteiger partial charge in [-0.25, -0.2) is 0 Å². The first-order valence-electron chi connectivity index (χ1n) is 14.0. The van der Waals surface area contributed by atoms with Crippen molar-refractivity contribution in [2.75, 3.05) is 0 Å². The number of aliphatic carboxylic acids is 1. The highest BCUT2D eigenvalue weighted by molar-refractivity contribution is 5.71. The molecule has 5 aliphatic rings. The van der Waals surface area contributed by atoms with Crippen LogP contribution in [0.3, 0.4) is 0 Å². The molecule has 5 heteroatoms. The molecule has 0 unspecified atom stereocenters. The number of aliphatic hydroxyl groups is 3. The van der Waals surface area contributed by atoms with Gasteiger partial charge < -0.3 is 20.4 Å². The van der Waals surface area contributed by atoms with Gasteiger partial charge in [-0.3, -0.25) is 4.79 Å². The molecule has 0 aromatic carbocycles. The number of hydrogen-bond acceptors (Lipinski definition) is 4. The highest BCUT2D eigenvalue weighted by atomic mass is 16.4. The lowest BCUT2D eigenvalue weighted by Gasteiger charge is -2.71. The van der Waals surface area contributed by atoms with Crippen LogP contribution in [0.5, 0.6) is 0 Å². The van der Waals surface area contributed by atoms with E-state index in [1.54, 1.807) is 6.92 Å². The summed E-state index contributed by atoms with van der Waals surface area (Å²) >= 11 is 0. The monoisotopic (exact) mass is 488 g/mol. The van der Waals surface area contributed by atoms with E-state index in [4.69, 9.17) is 0 Å². The Bertz CT molecular complexity index is 956. The third-order valence-corrected chi connectivity index (χ3v) is 13.6. The Kier molecular flexibility index (Phi) is 5.40. The number of carboxylic acids is 1. The van der Waals surface area contributed by atoms with E-state index in [2.05, 4.69) is 47.6 Å². The molecule has 4 N–H and O–H groups in total. The van der Waals surface area contributed by atoms with E-state index in [0.717, 1.165) is 38.5 Å². The number of hydrogen-bond donors (Lipinski definition) is 4. The van der Waals surface area contributed by atoms with Crippen LogP contribution >= 0.6 is 0 Å². The Labute approximate surface area is 211 Å². The van der Waals surface area contributed by atoms with Crippen molar-refractivity contribution in [2.45, 2.75) is 118 Å². The van der Waals surface area contributed by atoms with Gasteiger partial charge in [-0.05, 0) is 97.7 Å². The summed E-state index contributed by atoms with van der Waals surface area (Å²) in [6.07, 6.45) is 8.09. The van der Waals surface area contributed by atoms with Crippen LogP contribution in [-0.2, 0) is 4.79 Å². The maximum Gasteiger partial charge on any atom is 0.309 e. The Morgan fingerprint density at radius 2 is 1.60 bits per heavy atom. The maximum absolute atomic E-state index is 12.0. The van der Waals surface area contributed by atoms with Gasteiger partial charge in [-0.15, -0.1) is 0 Å². The molecule has 0 heterocycles. The number of carboxylic acid groups (broad SMARTS) is 1. The fourth-order valence-corrected chi connectivity index (χ4v) is 11.2. The van der Waals surface area contributed by atoms with Crippen molar-refractivity contribution in [3.8, 4) is 0 Å². The lowest BCUT2D eigenvalue weighted by molar-refractivity contribution is -0.232. The number of allylic oxidation sites excluding steroid dienone is 2. The van der Waals surface area contributed by atoms with Crippen LogP contribution in [0.4, 0.5) is 0 Å². The molecule has 0 bridgehead atoms. The Hall–Kier alpha value is -0.910. The third kappa shape index (κ3) is 2.84. The largest absolute Gasteiger partial charge is 0.481 e. The fourth-order valence-electron chi connectivity index (χ4n) is 11.2. The zero-order valence-corrected chi connectivity index (χ0v) is 22.9. The second-order valence-electron chi connectivity index (χ2n) is 14.8. The molecular formula is C30H48O5. The van der Waals surface area contributed by atoms with E-state index in [9.17, 15) is 25.2 Å². The summed E-state index contributed by atoms with van der Waals surface area (Å²) < 4.78 is 0. The van der Waals surface area contributed by atoms with Gasteiger partial charge in [0, 0.05) is 5.41 Å².